The summed E-state index contributed by atoms with van der Waals surface area (Å²) in [6.45, 7) is 0.663. The van der Waals surface area contributed by atoms with Crippen LogP contribution in [0.4, 0.5) is 5.82 Å². The maximum Gasteiger partial charge on any atom is 0.168 e. The van der Waals surface area contributed by atoms with Crippen molar-refractivity contribution in [1.29, 1.82) is 0 Å². The Bertz CT molecular complexity index is 1090. The lowest BCUT2D eigenvalue weighted by atomic mass is 10.0. The number of hydrogen-bond acceptors (Lipinski definition) is 6. The normalized spacial score (nSPS) is 12.3. The third kappa shape index (κ3) is 3.77. The largest absolute Gasteiger partial charge is 0.496 e. The number of aromatic nitrogens is 4. The van der Waals surface area contributed by atoms with Crippen LogP contribution in [0.1, 0.15) is 11.6 Å². The van der Waals surface area contributed by atoms with Gasteiger partial charge in [0.1, 0.15) is 17.9 Å². The Morgan fingerprint density at radius 3 is 2.55 bits per heavy atom. The Hall–Kier alpha value is -3.45. The van der Waals surface area contributed by atoms with Crippen molar-refractivity contribution in [3.8, 4) is 11.4 Å². The Morgan fingerprint density at radius 1 is 1.03 bits per heavy atom. The van der Waals surface area contributed by atoms with Gasteiger partial charge in [-0.3, -0.25) is 0 Å². The molecule has 0 saturated heterocycles. The molecule has 2 aromatic carbocycles. The van der Waals surface area contributed by atoms with E-state index in [9.17, 15) is 0 Å². The zero-order valence-corrected chi connectivity index (χ0v) is 16.8. The van der Waals surface area contributed by atoms with Crippen LogP contribution in [0.15, 0.2) is 67.1 Å². The minimum Gasteiger partial charge on any atom is -0.496 e. The van der Waals surface area contributed by atoms with E-state index in [4.69, 9.17) is 4.74 Å². The predicted octanol–water partition coefficient (Wildman–Crippen LogP) is 3.54. The van der Waals surface area contributed by atoms with Crippen LogP contribution < -0.4 is 10.1 Å². The molecule has 0 spiro atoms. The molecule has 0 aliphatic rings. The number of hydrogen-bond donors (Lipinski definition) is 1. The van der Waals surface area contributed by atoms with Gasteiger partial charge in [-0.1, -0.05) is 36.4 Å². The number of ether oxygens (including phenoxy) is 1. The maximum atomic E-state index is 5.56. The van der Waals surface area contributed by atoms with E-state index in [-0.39, 0.29) is 6.04 Å². The van der Waals surface area contributed by atoms with Gasteiger partial charge < -0.3 is 15.0 Å². The first-order valence-electron chi connectivity index (χ1n) is 9.46. The molecule has 0 fully saturated rings. The summed E-state index contributed by atoms with van der Waals surface area (Å²) in [5.74, 6) is 1.64. The summed E-state index contributed by atoms with van der Waals surface area (Å²) in [4.78, 5) is 11.1. The Kier molecular flexibility index (Phi) is 5.39. The summed E-state index contributed by atoms with van der Waals surface area (Å²) < 4.78 is 7.38. The Morgan fingerprint density at radius 2 is 1.79 bits per heavy atom. The quantitative estimate of drug-likeness (QED) is 0.522. The second-order valence-corrected chi connectivity index (χ2v) is 6.95. The lowest BCUT2D eigenvalue weighted by molar-refractivity contribution is 0.300. The number of rotatable bonds is 7. The number of para-hydroxylation sites is 2. The highest BCUT2D eigenvalue weighted by Crippen LogP contribution is 2.29. The van der Waals surface area contributed by atoms with Gasteiger partial charge in [-0.05, 0) is 32.3 Å². The maximum absolute atomic E-state index is 5.56. The topological polar surface area (TPSA) is 68.1 Å². The van der Waals surface area contributed by atoms with Crippen LogP contribution >= 0.6 is 0 Å². The minimum atomic E-state index is 0.111. The molecule has 0 aliphatic heterocycles. The lowest BCUT2D eigenvalue weighted by Gasteiger charge is -2.26. The molecular weight excluding hydrogens is 364 g/mol. The van der Waals surface area contributed by atoms with E-state index in [0.29, 0.717) is 6.54 Å². The number of likely N-dealkylation sites (N-methyl/N-ethyl adjacent to an activating group) is 1. The fraction of sp³-hybridized carbons (Fsp3) is 0.227. The first-order chi connectivity index (χ1) is 14.2. The molecule has 4 aromatic rings. The summed E-state index contributed by atoms with van der Waals surface area (Å²) in [5.41, 5.74) is 2.86. The molecule has 2 heterocycles. The molecule has 7 heteroatoms. The highest BCUT2D eigenvalue weighted by atomic mass is 16.5. The molecule has 148 valence electrons. The fourth-order valence-electron chi connectivity index (χ4n) is 3.45. The molecule has 0 aliphatic carbocycles. The molecule has 4 rings (SSSR count). The van der Waals surface area contributed by atoms with Crippen molar-refractivity contribution in [2.24, 2.45) is 0 Å². The van der Waals surface area contributed by atoms with Crippen molar-refractivity contribution in [3.05, 3.63) is 72.7 Å². The minimum absolute atomic E-state index is 0.111. The number of nitrogens with one attached hydrogen (secondary N) is 1. The van der Waals surface area contributed by atoms with Crippen LogP contribution in [-0.4, -0.2) is 52.4 Å². The van der Waals surface area contributed by atoms with Crippen LogP contribution in [0.3, 0.4) is 0 Å². The first kappa shape index (κ1) is 18.9. The summed E-state index contributed by atoms with van der Waals surface area (Å²) in [7, 11) is 5.81. The highest BCUT2D eigenvalue weighted by Gasteiger charge is 2.19. The summed E-state index contributed by atoms with van der Waals surface area (Å²) in [6.07, 6.45) is 3.37. The molecule has 1 N–H and O–H groups in total. The van der Waals surface area contributed by atoms with Crippen LogP contribution in [0.2, 0.25) is 0 Å². The van der Waals surface area contributed by atoms with Gasteiger partial charge in [0.2, 0.25) is 0 Å². The molecule has 0 amide bonds. The molecule has 0 unspecified atom stereocenters. The van der Waals surface area contributed by atoms with Gasteiger partial charge in [0, 0.05) is 12.1 Å². The van der Waals surface area contributed by atoms with Gasteiger partial charge in [0.25, 0.3) is 0 Å². The monoisotopic (exact) mass is 388 g/mol. The van der Waals surface area contributed by atoms with E-state index in [2.05, 4.69) is 45.4 Å². The Labute approximate surface area is 170 Å². The summed E-state index contributed by atoms with van der Waals surface area (Å²) in [5, 5.41) is 8.88. The molecule has 0 saturated carbocycles. The number of benzene rings is 2. The van der Waals surface area contributed by atoms with Gasteiger partial charge in [0.15, 0.2) is 5.65 Å². The van der Waals surface area contributed by atoms with E-state index in [1.807, 2.05) is 53.2 Å². The molecule has 1 atom stereocenters. The van der Waals surface area contributed by atoms with E-state index in [1.54, 1.807) is 19.6 Å². The molecule has 29 heavy (non-hydrogen) atoms. The number of methoxy groups -OCH3 is 1. The molecular formula is C22H24N6O. The van der Waals surface area contributed by atoms with Gasteiger partial charge in [-0.25, -0.2) is 14.6 Å². The molecule has 0 radical (unpaired) electrons. The van der Waals surface area contributed by atoms with E-state index in [0.717, 1.165) is 33.9 Å². The van der Waals surface area contributed by atoms with Gasteiger partial charge >= 0.3 is 0 Å². The fourth-order valence-corrected chi connectivity index (χ4v) is 3.45. The average Bonchev–Trinajstić information content (AvgIpc) is 3.19. The van der Waals surface area contributed by atoms with Crippen molar-refractivity contribution >= 4 is 16.9 Å². The van der Waals surface area contributed by atoms with E-state index >= 15 is 0 Å². The average molecular weight is 388 g/mol. The third-order valence-corrected chi connectivity index (χ3v) is 4.95. The van der Waals surface area contributed by atoms with Crippen molar-refractivity contribution in [2.45, 2.75) is 6.04 Å². The van der Waals surface area contributed by atoms with Crippen LogP contribution in [0, 0.1) is 0 Å². The smallest absolute Gasteiger partial charge is 0.168 e. The van der Waals surface area contributed by atoms with E-state index in [1.165, 1.54) is 0 Å². The van der Waals surface area contributed by atoms with Crippen LogP contribution in [0.5, 0.6) is 5.75 Å². The summed E-state index contributed by atoms with van der Waals surface area (Å²) >= 11 is 0. The van der Waals surface area contributed by atoms with Crippen LogP contribution in [-0.2, 0) is 0 Å². The lowest BCUT2D eigenvalue weighted by Crippen LogP contribution is -2.27. The van der Waals surface area contributed by atoms with Crippen molar-refractivity contribution in [3.63, 3.8) is 0 Å². The first-order valence-corrected chi connectivity index (χ1v) is 9.46. The van der Waals surface area contributed by atoms with Gasteiger partial charge in [-0.2, -0.15) is 5.10 Å². The van der Waals surface area contributed by atoms with Crippen LogP contribution in [0.25, 0.3) is 16.7 Å². The molecule has 0 bridgehead atoms. The highest BCUT2D eigenvalue weighted by molar-refractivity contribution is 5.87. The van der Waals surface area contributed by atoms with Crippen molar-refractivity contribution < 1.29 is 4.74 Å². The summed E-state index contributed by atoms with van der Waals surface area (Å²) in [6, 6.07) is 18.2. The second kappa shape index (κ2) is 8.28. The molecule has 2 aromatic heterocycles. The van der Waals surface area contributed by atoms with E-state index < -0.39 is 0 Å². The number of nitrogens with zero attached hydrogens (tertiary/aromatic N) is 5. The predicted molar refractivity (Wildman–Crippen MR) is 115 cm³/mol. The van der Waals surface area contributed by atoms with Crippen molar-refractivity contribution in [2.75, 3.05) is 33.1 Å². The standard InChI is InChI=1S/C22H24N6O/c1-27(2)19(17-11-7-8-12-20(17)29-3)14-23-21-18-13-26-28(22(18)25-15-24-21)16-9-5-4-6-10-16/h4-13,15,19H,14H2,1-3H3,(H,23,24,25)/t19-/m0/s1. The van der Waals surface area contributed by atoms with Crippen molar-refractivity contribution in [1.82, 2.24) is 24.6 Å². The third-order valence-electron chi connectivity index (χ3n) is 4.95. The number of fused-ring (bicyclic) bond motifs is 1. The van der Waals surface area contributed by atoms with Gasteiger partial charge in [0.05, 0.1) is 30.4 Å². The molecule has 7 nitrogen and oxygen atoms in total. The number of anilines is 1. The van der Waals surface area contributed by atoms with Gasteiger partial charge in [-0.15, -0.1) is 0 Å². The SMILES string of the molecule is COc1ccccc1[C@H](CNc1ncnc2c1cnn2-c1ccccc1)N(C)C. The zero-order chi connectivity index (χ0) is 20.2. The zero-order valence-electron chi connectivity index (χ0n) is 16.8. The second-order valence-electron chi connectivity index (χ2n) is 6.95. The Balaban J connectivity index is 1.63.